The smallest absolute Gasteiger partial charge is 0.309 e. The summed E-state index contributed by atoms with van der Waals surface area (Å²) in [6.07, 6.45) is 0.701. The molecule has 1 aromatic carbocycles. The highest BCUT2D eigenvalue weighted by Gasteiger charge is 2.33. The van der Waals surface area contributed by atoms with Crippen molar-refractivity contribution in [1.29, 1.82) is 0 Å². The van der Waals surface area contributed by atoms with Gasteiger partial charge in [-0.1, -0.05) is 32.9 Å². The van der Waals surface area contributed by atoms with Crippen molar-refractivity contribution in [3.05, 3.63) is 29.8 Å². The van der Waals surface area contributed by atoms with Crippen molar-refractivity contribution in [3.63, 3.8) is 0 Å². The van der Waals surface area contributed by atoms with Gasteiger partial charge in [0.2, 0.25) is 10.0 Å². The molecule has 1 heterocycles. The van der Waals surface area contributed by atoms with Gasteiger partial charge in [-0.15, -0.1) is 0 Å². The molecule has 1 aliphatic heterocycles. The highest BCUT2D eigenvalue weighted by Crippen LogP contribution is 2.27. The molecule has 2 rings (SSSR count). The molecule has 1 amide bonds. The minimum atomic E-state index is -3.63. The standard InChI is InChI=1S/C24H38N2O7S/c1-24(2,3)20-6-8-21(9-7-20)34(29,30)26-12-10-19(11-13-26)23(28)33-18-22(27)25(14-16-31-4)15-17-32-5/h6-9,19H,10-18H2,1-5H3. The second-order valence-corrected chi connectivity index (χ2v) is 11.4. The number of methoxy groups -OCH3 is 2. The molecule has 0 spiro atoms. The summed E-state index contributed by atoms with van der Waals surface area (Å²) in [4.78, 5) is 26.7. The Kier molecular flexibility index (Phi) is 10.5. The van der Waals surface area contributed by atoms with Gasteiger partial charge in [-0.2, -0.15) is 4.31 Å². The van der Waals surface area contributed by atoms with E-state index >= 15 is 0 Å². The Morgan fingerprint density at radius 2 is 1.53 bits per heavy atom. The third-order valence-corrected chi connectivity index (χ3v) is 7.88. The van der Waals surface area contributed by atoms with Crippen molar-refractivity contribution in [3.8, 4) is 0 Å². The molecular formula is C24H38N2O7S. The molecule has 9 nitrogen and oxygen atoms in total. The first-order valence-electron chi connectivity index (χ1n) is 11.5. The van der Waals surface area contributed by atoms with Crippen molar-refractivity contribution >= 4 is 21.9 Å². The number of rotatable bonds is 11. The highest BCUT2D eigenvalue weighted by molar-refractivity contribution is 7.89. The number of nitrogens with zero attached hydrogens (tertiary/aromatic N) is 2. The van der Waals surface area contributed by atoms with E-state index in [1.165, 1.54) is 9.21 Å². The molecule has 1 aliphatic rings. The lowest BCUT2D eigenvalue weighted by atomic mass is 9.87. The third-order valence-electron chi connectivity index (χ3n) is 5.97. The number of piperidine rings is 1. The first-order valence-corrected chi connectivity index (χ1v) is 13.0. The minimum absolute atomic E-state index is 0.0625. The van der Waals surface area contributed by atoms with Crippen LogP contribution in [0.2, 0.25) is 0 Å². The van der Waals surface area contributed by atoms with Crippen molar-refractivity contribution in [2.24, 2.45) is 5.92 Å². The molecular weight excluding hydrogens is 460 g/mol. The molecule has 0 radical (unpaired) electrons. The van der Waals surface area contributed by atoms with Crippen LogP contribution in [0.1, 0.15) is 39.2 Å². The Bertz CT molecular complexity index is 894. The topological polar surface area (TPSA) is 102 Å². The van der Waals surface area contributed by atoms with Gasteiger partial charge in [0.1, 0.15) is 0 Å². The average Bonchev–Trinajstić information content (AvgIpc) is 2.82. The van der Waals surface area contributed by atoms with E-state index in [0.717, 1.165) is 5.56 Å². The van der Waals surface area contributed by atoms with Gasteiger partial charge in [0.25, 0.3) is 5.91 Å². The number of hydrogen-bond donors (Lipinski definition) is 0. The zero-order chi connectivity index (χ0) is 25.4. The number of sulfonamides is 1. The summed E-state index contributed by atoms with van der Waals surface area (Å²) in [5.41, 5.74) is 0.998. The van der Waals surface area contributed by atoms with Crippen LogP contribution in [-0.4, -0.2) is 89.7 Å². The van der Waals surface area contributed by atoms with Crippen LogP contribution in [0.25, 0.3) is 0 Å². The number of carbonyl (C=O) groups is 2. The maximum Gasteiger partial charge on any atom is 0.309 e. The van der Waals surface area contributed by atoms with E-state index in [4.69, 9.17) is 14.2 Å². The lowest BCUT2D eigenvalue weighted by molar-refractivity contribution is -0.156. The normalized spacial score (nSPS) is 15.8. The van der Waals surface area contributed by atoms with Crippen LogP contribution >= 0.6 is 0 Å². The van der Waals surface area contributed by atoms with Gasteiger partial charge in [0.05, 0.1) is 24.0 Å². The van der Waals surface area contributed by atoms with Crippen LogP contribution in [0.4, 0.5) is 0 Å². The number of benzene rings is 1. The van der Waals surface area contributed by atoms with Gasteiger partial charge in [-0.05, 0) is 36.0 Å². The Balaban J connectivity index is 1.88. The molecule has 0 N–H and O–H groups in total. The van der Waals surface area contributed by atoms with Crippen LogP contribution in [0, 0.1) is 5.92 Å². The summed E-state index contributed by atoms with van der Waals surface area (Å²) < 4.78 is 42.7. The zero-order valence-electron chi connectivity index (χ0n) is 20.9. The maximum atomic E-state index is 13.0. The number of esters is 1. The number of hydrogen-bond acceptors (Lipinski definition) is 7. The van der Waals surface area contributed by atoms with E-state index in [1.807, 2.05) is 12.1 Å². The maximum absolute atomic E-state index is 13.0. The number of amides is 1. The average molecular weight is 499 g/mol. The summed E-state index contributed by atoms with van der Waals surface area (Å²) in [7, 11) is -0.535. The Hall–Kier alpha value is -2.01. The first kappa shape index (κ1) is 28.2. The lowest BCUT2D eigenvalue weighted by Crippen LogP contribution is -2.42. The second kappa shape index (κ2) is 12.6. The number of ether oxygens (including phenoxy) is 3. The quantitative estimate of drug-likeness (QED) is 0.430. The van der Waals surface area contributed by atoms with E-state index < -0.39 is 21.9 Å². The van der Waals surface area contributed by atoms with Gasteiger partial charge in [0.15, 0.2) is 6.61 Å². The van der Waals surface area contributed by atoms with E-state index in [0.29, 0.717) is 39.1 Å². The van der Waals surface area contributed by atoms with Crippen molar-refractivity contribution < 1.29 is 32.2 Å². The fraction of sp³-hybridized carbons (Fsp3) is 0.667. The van der Waals surface area contributed by atoms with Gasteiger partial charge >= 0.3 is 5.97 Å². The SMILES string of the molecule is COCCN(CCOC)C(=O)COC(=O)C1CCN(S(=O)(=O)c2ccc(C(C)(C)C)cc2)CC1. The first-order chi connectivity index (χ1) is 16.0. The molecule has 1 fully saturated rings. The van der Waals surface area contributed by atoms with Gasteiger partial charge in [-0.25, -0.2) is 8.42 Å². The minimum Gasteiger partial charge on any atom is -0.455 e. The molecule has 0 aliphatic carbocycles. The molecule has 34 heavy (non-hydrogen) atoms. The predicted octanol–water partition coefficient (Wildman–Crippen LogP) is 2.05. The van der Waals surface area contributed by atoms with Gasteiger partial charge in [0, 0.05) is 40.4 Å². The Morgan fingerprint density at radius 1 is 1.00 bits per heavy atom. The Labute approximate surface area is 203 Å². The van der Waals surface area contributed by atoms with Crippen LogP contribution in [0.5, 0.6) is 0 Å². The van der Waals surface area contributed by atoms with Gasteiger partial charge in [-0.3, -0.25) is 9.59 Å². The van der Waals surface area contributed by atoms with Crippen LogP contribution < -0.4 is 0 Å². The van der Waals surface area contributed by atoms with E-state index in [1.54, 1.807) is 26.4 Å². The summed E-state index contributed by atoms with van der Waals surface area (Å²) in [6.45, 7) is 7.82. The van der Waals surface area contributed by atoms with Gasteiger partial charge < -0.3 is 19.1 Å². The van der Waals surface area contributed by atoms with Crippen LogP contribution in [0.3, 0.4) is 0 Å². The van der Waals surface area contributed by atoms with Crippen LogP contribution in [0.15, 0.2) is 29.2 Å². The molecule has 10 heteroatoms. The molecule has 0 bridgehead atoms. The summed E-state index contributed by atoms with van der Waals surface area (Å²) in [5, 5.41) is 0. The fourth-order valence-electron chi connectivity index (χ4n) is 3.71. The highest BCUT2D eigenvalue weighted by atomic mass is 32.2. The third kappa shape index (κ3) is 7.76. The second-order valence-electron chi connectivity index (χ2n) is 9.43. The van der Waals surface area contributed by atoms with Crippen molar-refractivity contribution in [1.82, 2.24) is 9.21 Å². The summed E-state index contributed by atoms with van der Waals surface area (Å²) in [5.74, 6) is -1.23. The Morgan fingerprint density at radius 3 is 2.00 bits per heavy atom. The predicted molar refractivity (Wildman–Crippen MR) is 128 cm³/mol. The van der Waals surface area contributed by atoms with E-state index in [-0.39, 0.29) is 35.9 Å². The molecule has 192 valence electrons. The van der Waals surface area contributed by atoms with Crippen molar-refractivity contribution in [2.45, 2.75) is 43.9 Å². The van der Waals surface area contributed by atoms with Crippen molar-refractivity contribution in [2.75, 3.05) is 60.2 Å². The lowest BCUT2D eigenvalue weighted by Gasteiger charge is -2.30. The largest absolute Gasteiger partial charge is 0.455 e. The van der Waals surface area contributed by atoms with E-state index in [2.05, 4.69) is 20.8 Å². The fourth-order valence-corrected chi connectivity index (χ4v) is 5.18. The van der Waals surface area contributed by atoms with E-state index in [9.17, 15) is 18.0 Å². The molecule has 1 saturated heterocycles. The molecule has 1 aromatic rings. The molecule has 0 unspecified atom stereocenters. The number of carbonyl (C=O) groups excluding carboxylic acids is 2. The zero-order valence-corrected chi connectivity index (χ0v) is 21.7. The molecule has 0 saturated carbocycles. The molecule has 0 aromatic heterocycles. The molecule has 0 atom stereocenters. The monoisotopic (exact) mass is 498 g/mol. The van der Waals surface area contributed by atoms with Crippen LogP contribution in [-0.2, 0) is 39.2 Å². The summed E-state index contributed by atoms with van der Waals surface area (Å²) in [6, 6.07) is 6.97. The summed E-state index contributed by atoms with van der Waals surface area (Å²) >= 11 is 0.